The van der Waals surface area contributed by atoms with Crippen LogP contribution in [-0.4, -0.2) is 38.9 Å². The van der Waals surface area contributed by atoms with Crippen LogP contribution in [0.2, 0.25) is 0 Å². The topological polar surface area (TPSA) is 56.8 Å². The second kappa shape index (κ2) is 11.0. The predicted octanol–water partition coefficient (Wildman–Crippen LogP) is 2.40. The van der Waals surface area contributed by atoms with Gasteiger partial charge in [0.15, 0.2) is 11.5 Å². The van der Waals surface area contributed by atoms with Gasteiger partial charge in [-0.05, 0) is 38.9 Å². The molecule has 0 heterocycles. The molecule has 0 aliphatic carbocycles. The maximum absolute atomic E-state index is 11.1. The Balaban J connectivity index is 2.10. The molecule has 0 amide bonds. The number of ether oxygens (including phenoxy) is 3. The molecular weight excluding hydrogens is 270 g/mol. The first-order valence-corrected chi connectivity index (χ1v) is 7.48. The first kappa shape index (κ1) is 17.3. The molecule has 0 aromatic heterocycles. The molecule has 0 saturated carbocycles. The van der Waals surface area contributed by atoms with Gasteiger partial charge >= 0.3 is 5.97 Å². The molecule has 0 radical (unpaired) electrons. The summed E-state index contributed by atoms with van der Waals surface area (Å²) in [5.74, 6) is 1.39. The van der Waals surface area contributed by atoms with Crippen LogP contribution in [0.4, 0.5) is 0 Å². The largest absolute Gasteiger partial charge is 0.490 e. The van der Waals surface area contributed by atoms with Crippen molar-refractivity contribution in [2.75, 3.05) is 32.9 Å². The number of carbonyl (C=O) groups is 1. The minimum Gasteiger partial charge on any atom is -0.490 e. The number of nitrogens with one attached hydrogen (secondary N) is 1. The van der Waals surface area contributed by atoms with E-state index in [1.165, 1.54) is 0 Å². The van der Waals surface area contributed by atoms with Crippen molar-refractivity contribution in [2.24, 2.45) is 0 Å². The fourth-order valence-electron chi connectivity index (χ4n) is 1.79. The maximum atomic E-state index is 11.1. The third kappa shape index (κ3) is 7.56. The lowest BCUT2D eigenvalue weighted by atomic mass is 10.3. The van der Waals surface area contributed by atoms with Gasteiger partial charge in [-0.25, -0.2) is 0 Å². The molecule has 0 fully saturated rings. The van der Waals surface area contributed by atoms with E-state index in [0.717, 1.165) is 31.0 Å². The zero-order valence-corrected chi connectivity index (χ0v) is 12.9. The molecule has 0 atom stereocenters. The van der Waals surface area contributed by atoms with Gasteiger partial charge in [-0.2, -0.15) is 0 Å². The Morgan fingerprint density at radius 3 is 2.43 bits per heavy atom. The number of rotatable bonds is 11. The predicted molar refractivity (Wildman–Crippen MR) is 81.8 cm³/mol. The summed E-state index contributed by atoms with van der Waals surface area (Å²) in [5.41, 5.74) is 0. The average Bonchev–Trinajstić information content (AvgIpc) is 2.48. The number of esters is 1. The highest BCUT2D eigenvalue weighted by atomic mass is 16.5. The van der Waals surface area contributed by atoms with Crippen LogP contribution < -0.4 is 14.8 Å². The Morgan fingerprint density at radius 1 is 1.05 bits per heavy atom. The Labute approximate surface area is 126 Å². The van der Waals surface area contributed by atoms with E-state index in [0.29, 0.717) is 26.2 Å². The highest BCUT2D eigenvalue weighted by Crippen LogP contribution is 2.25. The fourth-order valence-corrected chi connectivity index (χ4v) is 1.79. The van der Waals surface area contributed by atoms with Crippen molar-refractivity contribution in [1.29, 1.82) is 0 Å². The smallest absolute Gasteiger partial charge is 0.305 e. The molecule has 0 spiro atoms. The molecule has 1 aromatic rings. The van der Waals surface area contributed by atoms with Gasteiger partial charge in [-0.3, -0.25) is 4.79 Å². The van der Waals surface area contributed by atoms with E-state index < -0.39 is 0 Å². The van der Waals surface area contributed by atoms with Crippen LogP contribution >= 0.6 is 0 Å². The number of para-hydroxylation sites is 2. The first-order chi connectivity index (χ1) is 10.3. The quantitative estimate of drug-likeness (QED) is 0.502. The third-order valence-corrected chi connectivity index (χ3v) is 2.73. The van der Waals surface area contributed by atoms with Gasteiger partial charge in [0, 0.05) is 13.0 Å². The highest BCUT2D eigenvalue weighted by molar-refractivity contribution is 5.69. The molecule has 0 aliphatic rings. The molecule has 1 N–H and O–H groups in total. The van der Waals surface area contributed by atoms with E-state index in [-0.39, 0.29) is 5.97 Å². The van der Waals surface area contributed by atoms with Crippen LogP contribution in [0.15, 0.2) is 24.3 Å². The molecule has 0 aliphatic heterocycles. The summed E-state index contributed by atoms with van der Waals surface area (Å²) >= 11 is 0. The lowest BCUT2D eigenvalue weighted by Gasteiger charge is -2.11. The van der Waals surface area contributed by atoms with Gasteiger partial charge in [0.2, 0.25) is 0 Å². The van der Waals surface area contributed by atoms with Crippen molar-refractivity contribution in [3.05, 3.63) is 24.3 Å². The first-order valence-electron chi connectivity index (χ1n) is 7.48. The molecule has 1 aromatic carbocycles. The van der Waals surface area contributed by atoms with E-state index in [4.69, 9.17) is 14.2 Å². The van der Waals surface area contributed by atoms with E-state index in [1.54, 1.807) is 0 Å². The molecule has 0 bridgehead atoms. The van der Waals surface area contributed by atoms with Crippen molar-refractivity contribution < 1.29 is 19.0 Å². The summed E-state index contributed by atoms with van der Waals surface area (Å²) in [4.78, 5) is 11.1. The molecule has 5 nitrogen and oxygen atoms in total. The summed E-state index contributed by atoms with van der Waals surface area (Å²) in [6.45, 7) is 6.88. The second-order valence-corrected chi connectivity index (χ2v) is 4.39. The molecular formula is C16H25NO4. The summed E-state index contributed by atoms with van der Waals surface area (Å²) in [6, 6.07) is 7.63. The normalized spacial score (nSPS) is 10.2. The lowest BCUT2D eigenvalue weighted by Crippen LogP contribution is -2.23. The van der Waals surface area contributed by atoms with Crippen LogP contribution in [-0.2, 0) is 9.53 Å². The molecule has 118 valence electrons. The van der Waals surface area contributed by atoms with Crippen molar-refractivity contribution in [3.63, 3.8) is 0 Å². The van der Waals surface area contributed by atoms with Crippen LogP contribution in [0.5, 0.6) is 11.5 Å². The molecule has 0 unspecified atom stereocenters. The Kier molecular flexibility index (Phi) is 9.04. The van der Waals surface area contributed by atoms with E-state index in [9.17, 15) is 4.79 Å². The van der Waals surface area contributed by atoms with E-state index >= 15 is 0 Å². The zero-order valence-electron chi connectivity index (χ0n) is 12.9. The number of hydrogen-bond acceptors (Lipinski definition) is 5. The Morgan fingerprint density at radius 2 is 1.76 bits per heavy atom. The van der Waals surface area contributed by atoms with Crippen molar-refractivity contribution >= 4 is 5.97 Å². The summed E-state index contributed by atoms with van der Waals surface area (Å²) in [5, 5.41) is 3.23. The van der Waals surface area contributed by atoms with Crippen LogP contribution in [0.25, 0.3) is 0 Å². The standard InChI is InChI=1S/C16H25NO4/c1-3-19-14-8-5-6-9-15(14)21-13-12-17-11-7-10-16(18)20-4-2/h5-6,8-9,17H,3-4,7,10-13H2,1-2H3. The number of carbonyl (C=O) groups excluding carboxylic acids is 1. The zero-order chi connectivity index (χ0) is 15.3. The molecule has 5 heteroatoms. The van der Waals surface area contributed by atoms with Gasteiger partial charge < -0.3 is 19.5 Å². The third-order valence-electron chi connectivity index (χ3n) is 2.73. The summed E-state index contributed by atoms with van der Waals surface area (Å²) in [6.07, 6.45) is 1.23. The average molecular weight is 295 g/mol. The summed E-state index contributed by atoms with van der Waals surface area (Å²) < 4.78 is 16.0. The Hall–Kier alpha value is -1.75. The molecule has 21 heavy (non-hydrogen) atoms. The van der Waals surface area contributed by atoms with Gasteiger partial charge in [0.25, 0.3) is 0 Å². The fraction of sp³-hybridized carbons (Fsp3) is 0.562. The van der Waals surface area contributed by atoms with Crippen molar-refractivity contribution in [2.45, 2.75) is 26.7 Å². The van der Waals surface area contributed by atoms with Crippen molar-refractivity contribution in [1.82, 2.24) is 5.32 Å². The maximum Gasteiger partial charge on any atom is 0.305 e. The molecule has 0 saturated heterocycles. The van der Waals surface area contributed by atoms with E-state index in [2.05, 4.69) is 5.32 Å². The van der Waals surface area contributed by atoms with Gasteiger partial charge in [-0.15, -0.1) is 0 Å². The Bertz CT molecular complexity index is 409. The summed E-state index contributed by atoms with van der Waals surface area (Å²) in [7, 11) is 0. The number of hydrogen-bond donors (Lipinski definition) is 1. The van der Waals surface area contributed by atoms with E-state index in [1.807, 2.05) is 38.1 Å². The molecule has 1 rings (SSSR count). The minimum absolute atomic E-state index is 0.138. The van der Waals surface area contributed by atoms with Crippen LogP contribution in [0.1, 0.15) is 26.7 Å². The van der Waals surface area contributed by atoms with Gasteiger partial charge in [0.05, 0.1) is 13.2 Å². The van der Waals surface area contributed by atoms with Crippen LogP contribution in [0, 0.1) is 0 Å². The lowest BCUT2D eigenvalue weighted by molar-refractivity contribution is -0.143. The monoisotopic (exact) mass is 295 g/mol. The van der Waals surface area contributed by atoms with Gasteiger partial charge in [0.1, 0.15) is 6.61 Å². The second-order valence-electron chi connectivity index (χ2n) is 4.39. The SMILES string of the molecule is CCOC(=O)CCCNCCOc1ccccc1OCC. The number of benzene rings is 1. The van der Waals surface area contributed by atoms with Crippen LogP contribution in [0.3, 0.4) is 0 Å². The van der Waals surface area contributed by atoms with Gasteiger partial charge in [-0.1, -0.05) is 12.1 Å². The minimum atomic E-state index is -0.138. The highest BCUT2D eigenvalue weighted by Gasteiger charge is 2.03. The van der Waals surface area contributed by atoms with Crippen molar-refractivity contribution in [3.8, 4) is 11.5 Å².